The van der Waals surface area contributed by atoms with Gasteiger partial charge in [0, 0.05) is 36.3 Å². The van der Waals surface area contributed by atoms with E-state index in [9.17, 15) is 28.7 Å². The first-order valence-corrected chi connectivity index (χ1v) is 17.1. The van der Waals surface area contributed by atoms with Crippen LogP contribution in [0.3, 0.4) is 0 Å². The van der Waals surface area contributed by atoms with Gasteiger partial charge in [0.2, 0.25) is 23.6 Å². The summed E-state index contributed by atoms with van der Waals surface area (Å²) in [5.41, 5.74) is 1.33. The number of imide groups is 2. The van der Waals surface area contributed by atoms with Crippen LogP contribution in [0, 0.1) is 34.9 Å². The summed E-state index contributed by atoms with van der Waals surface area (Å²) in [5.74, 6) is -5.82. The average Bonchev–Trinajstić information content (AvgIpc) is 3.49. The van der Waals surface area contributed by atoms with E-state index < -0.39 is 52.6 Å². The van der Waals surface area contributed by atoms with Gasteiger partial charge in [0.25, 0.3) is 0 Å². The molecular formula is C38H35ClFN3O7. The molecule has 3 aromatic rings. The number of fused-ring (bicyclic) bond motifs is 4. The molecule has 3 heterocycles. The molecule has 10 nitrogen and oxygen atoms in total. The van der Waals surface area contributed by atoms with E-state index in [0.717, 1.165) is 35.3 Å². The zero-order valence-corrected chi connectivity index (χ0v) is 28.2. The predicted molar refractivity (Wildman–Crippen MR) is 183 cm³/mol. The van der Waals surface area contributed by atoms with Gasteiger partial charge in [-0.2, -0.15) is 0 Å². The minimum absolute atomic E-state index is 0.127. The van der Waals surface area contributed by atoms with Crippen LogP contribution >= 0.6 is 11.6 Å². The molecule has 258 valence electrons. The average molecular weight is 700 g/mol. The summed E-state index contributed by atoms with van der Waals surface area (Å²) < 4.78 is 24.9. The third-order valence-electron chi connectivity index (χ3n) is 11.5. The fourth-order valence-corrected chi connectivity index (χ4v) is 9.19. The van der Waals surface area contributed by atoms with E-state index in [1.165, 1.54) is 30.2 Å². The Bertz CT molecular complexity index is 1980. The molecule has 3 saturated heterocycles. The molecule has 50 heavy (non-hydrogen) atoms. The number of aromatic hydroxyl groups is 1. The van der Waals surface area contributed by atoms with Gasteiger partial charge in [0.1, 0.15) is 17.3 Å². The van der Waals surface area contributed by atoms with E-state index in [0.29, 0.717) is 30.2 Å². The Balaban J connectivity index is 1.20. The zero-order chi connectivity index (χ0) is 35.1. The van der Waals surface area contributed by atoms with Crippen LogP contribution in [0.5, 0.6) is 11.5 Å². The number of morpholine rings is 1. The summed E-state index contributed by atoms with van der Waals surface area (Å²) in [4.78, 5) is 61.9. The highest BCUT2D eigenvalue weighted by atomic mass is 35.5. The molecule has 6 atom stereocenters. The number of carbonyl (C=O) groups is 4. The molecule has 0 spiro atoms. The highest BCUT2D eigenvalue weighted by Crippen LogP contribution is 2.64. The number of rotatable bonds is 5. The standard InChI is InChI=1S/C38H35ClFN3O7/c1-38-28(35(46)43(37(38)48)22-7-12-30(40)29(39)17-22)19-27-24(33(38)25-9-8-23(49-2)18-31(25)44)10-11-26-32(27)36(47)42(34(26)45)21-5-3-20(4-6-21)41-13-15-50-16-14-41/h3-10,12,17-18,26-28,32-33,44H,11,13-16,19H2,1-2H3/t26-,27+,28-,32-,33+,38+/m0/s1. The fourth-order valence-electron chi connectivity index (χ4n) is 9.01. The van der Waals surface area contributed by atoms with Gasteiger partial charge < -0.3 is 19.5 Å². The molecule has 0 bridgehead atoms. The Hall–Kier alpha value is -4.74. The van der Waals surface area contributed by atoms with Gasteiger partial charge in [0.05, 0.1) is 59.9 Å². The van der Waals surface area contributed by atoms with Crippen LogP contribution in [-0.4, -0.2) is 62.1 Å². The molecule has 4 amide bonds. The third kappa shape index (κ3) is 4.70. The second-order valence-electron chi connectivity index (χ2n) is 13.8. The van der Waals surface area contributed by atoms with Crippen molar-refractivity contribution in [1.82, 2.24) is 0 Å². The number of methoxy groups -OCH3 is 1. The van der Waals surface area contributed by atoms with Crippen LogP contribution in [0.1, 0.15) is 31.2 Å². The van der Waals surface area contributed by atoms with Crippen LogP contribution in [0.25, 0.3) is 0 Å². The number of allylic oxidation sites excluding steroid dienone is 2. The van der Waals surface area contributed by atoms with E-state index in [1.807, 2.05) is 18.2 Å². The summed E-state index contributed by atoms with van der Waals surface area (Å²) in [6, 6.07) is 15.9. The maximum Gasteiger partial charge on any atom is 0.241 e. The molecule has 8 rings (SSSR count). The first-order valence-electron chi connectivity index (χ1n) is 16.8. The van der Waals surface area contributed by atoms with E-state index in [-0.39, 0.29) is 41.1 Å². The Morgan fingerprint density at radius 2 is 1.58 bits per heavy atom. The maximum atomic E-state index is 14.6. The number of benzene rings is 3. The van der Waals surface area contributed by atoms with Gasteiger partial charge in [0.15, 0.2) is 0 Å². The number of anilines is 3. The lowest BCUT2D eigenvalue weighted by atomic mass is 9.51. The number of ether oxygens (including phenoxy) is 2. The fraction of sp³-hybridized carbons (Fsp3) is 0.368. The number of phenols is 1. The molecule has 5 aliphatic rings. The van der Waals surface area contributed by atoms with Gasteiger partial charge in [-0.3, -0.25) is 24.1 Å². The van der Waals surface area contributed by atoms with E-state index in [2.05, 4.69) is 4.90 Å². The van der Waals surface area contributed by atoms with E-state index >= 15 is 0 Å². The molecule has 1 saturated carbocycles. The van der Waals surface area contributed by atoms with Gasteiger partial charge >= 0.3 is 0 Å². The predicted octanol–water partition coefficient (Wildman–Crippen LogP) is 5.47. The van der Waals surface area contributed by atoms with Crippen LogP contribution in [0.4, 0.5) is 21.5 Å². The smallest absolute Gasteiger partial charge is 0.241 e. The molecule has 4 fully saturated rings. The minimum Gasteiger partial charge on any atom is -0.508 e. The normalized spacial score (nSPS) is 29.2. The second-order valence-corrected chi connectivity index (χ2v) is 14.2. The second kappa shape index (κ2) is 11.9. The van der Waals surface area contributed by atoms with Crippen LogP contribution < -0.4 is 19.4 Å². The number of nitrogens with zero attached hydrogens (tertiary/aromatic N) is 3. The SMILES string of the molecule is COc1ccc([C@H]2C3=CC[C@@H]4C(=O)N(c5ccc(N6CCOCC6)cc5)C(=O)[C@@H]4[C@@H]3C[C@H]3C(=O)N(c4ccc(F)c(Cl)c4)C(=O)[C@@]23C)c(O)c1. The summed E-state index contributed by atoms with van der Waals surface area (Å²) in [6.45, 7) is 4.47. The maximum absolute atomic E-state index is 14.6. The Labute approximate surface area is 293 Å². The molecule has 2 aliphatic carbocycles. The van der Waals surface area contributed by atoms with Crippen molar-refractivity contribution in [2.75, 3.05) is 48.1 Å². The Morgan fingerprint density at radius 3 is 2.26 bits per heavy atom. The van der Waals surface area contributed by atoms with Crippen molar-refractivity contribution in [1.29, 1.82) is 0 Å². The van der Waals surface area contributed by atoms with Gasteiger partial charge in [-0.15, -0.1) is 0 Å². The summed E-state index contributed by atoms with van der Waals surface area (Å²) in [5, 5.41) is 11.1. The largest absolute Gasteiger partial charge is 0.508 e. The Kier molecular flexibility index (Phi) is 7.76. The summed E-state index contributed by atoms with van der Waals surface area (Å²) >= 11 is 6.09. The van der Waals surface area contributed by atoms with Crippen molar-refractivity contribution in [3.8, 4) is 11.5 Å². The lowest BCUT2D eigenvalue weighted by molar-refractivity contribution is -0.131. The molecule has 0 radical (unpaired) electrons. The van der Waals surface area contributed by atoms with Crippen molar-refractivity contribution in [3.05, 3.63) is 88.7 Å². The monoisotopic (exact) mass is 699 g/mol. The quantitative estimate of drug-likeness (QED) is 0.276. The molecule has 3 aromatic carbocycles. The molecule has 12 heteroatoms. The highest BCUT2D eigenvalue weighted by Gasteiger charge is 2.68. The zero-order valence-electron chi connectivity index (χ0n) is 27.5. The molecule has 0 aromatic heterocycles. The lowest BCUT2D eigenvalue weighted by Gasteiger charge is -2.49. The first kappa shape index (κ1) is 32.5. The Morgan fingerprint density at radius 1 is 0.880 bits per heavy atom. The van der Waals surface area contributed by atoms with Gasteiger partial charge in [-0.05, 0) is 74.2 Å². The first-order chi connectivity index (χ1) is 24.0. The third-order valence-corrected chi connectivity index (χ3v) is 11.8. The van der Waals surface area contributed by atoms with Crippen molar-refractivity contribution < 1.29 is 38.1 Å². The number of phenolic OH excluding ortho intramolecular Hbond substituents is 1. The van der Waals surface area contributed by atoms with Crippen LogP contribution in [0.2, 0.25) is 5.02 Å². The number of hydrogen-bond donors (Lipinski definition) is 1. The van der Waals surface area contributed by atoms with Crippen molar-refractivity contribution in [2.45, 2.75) is 25.7 Å². The number of hydrogen-bond acceptors (Lipinski definition) is 8. The van der Waals surface area contributed by atoms with Crippen molar-refractivity contribution in [3.63, 3.8) is 0 Å². The van der Waals surface area contributed by atoms with E-state index in [4.69, 9.17) is 21.1 Å². The summed E-state index contributed by atoms with van der Waals surface area (Å²) in [7, 11) is 1.47. The van der Waals surface area contributed by atoms with Gasteiger partial charge in [-0.1, -0.05) is 29.3 Å². The number of amides is 4. The molecule has 1 N–H and O–H groups in total. The molecule has 0 unspecified atom stereocenters. The van der Waals surface area contributed by atoms with Crippen LogP contribution in [0.15, 0.2) is 72.3 Å². The van der Waals surface area contributed by atoms with Crippen molar-refractivity contribution in [2.24, 2.45) is 29.1 Å². The van der Waals surface area contributed by atoms with Crippen molar-refractivity contribution >= 4 is 52.3 Å². The minimum atomic E-state index is -1.39. The highest BCUT2D eigenvalue weighted by molar-refractivity contribution is 6.32. The van der Waals surface area contributed by atoms with E-state index in [1.54, 1.807) is 31.2 Å². The summed E-state index contributed by atoms with van der Waals surface area (Å²) in [6.07, 6.45) is 2.32. The lowest BCUT2D eigenvalue weighted by Crippen LogP contribution is -2.48. The topological polar surface area (TPSA) is 117 Å². The molecular weight excluding hydrogens is 665 g/mol. The number of halogens is 2. The molecule has 3 aliphatic heterocycles. The number of carbonyl (C=O) groups excluding carboxylic acids is 4. The van der Waals surface area contributed by atoms with Crippen LogP contribution in [-0.2, 0) is 23.9 Å². The van der Waals surface area contributed by atoms with Gasteiger partial charge in [-0.25, -0.2) is 9.29 Å².